The first-order chi connectivity index (χ1) is 10.3. The van der Waals surface area contributed by atoms with Gasteiger partial charge in [0.1, 0.15) is 0 Å². The third-order valence-electron chi connectivity index (χ3n) is 4.04. The lowest BCUT2D eigenvalue weighted by Crippen LogP contribution is -2.29. The molecular formula is C17H27N3O. The van der Waals surface area contributed by atoms with E-state index in [2.05, 4.69) is 15.5 Å². The minimum absolute atomic E-state index is 0.0584. The Bertz CT molecular complexity index is 441. The van der Waals surface area contributed by atoms with Crippen LogP contribution in [0.25, 0.3) is 0 Å². The minimum Gasteiger partial charge on any atom is -0.352 e. The number of carbonyl (C=O) groups is 1. The van der Waals surface area contributed by atoms with Crippen molar-refractivity contribution in [2.45, 2.75) is 25.7 Å². The first-order valence-electron chi connectivity index (χ1n) is 8.04. The third-order valence-corrected chi connectivity index (χ3v) is 4.04. The minimum atomic E-state index is 0.0584. The zero-order chi connectivity index (χ0) is 14.9. The normalized spacial score (nSPS) is 15.3. The molecule has 1 fully saturated rings. The van der Waals surface area contributed by atoms with Gasteiger partial charge in [-0.15, -0.1) is 0 Å². The lowest BCUT2D eigenvalue weighted by molar-refractivity contribution is 0.0951. The fraction of sp³-hybridized carbons (Fsp3) is 0.588. The maximum absolute atomic E-state index is 12.3. The number of carbonyl (C=O) groups excluding carboxylic acids is 1. The summed E-state index contributed by atoms with van der Waals surface area (Å²) >= 11 is 0. The average molecular weight is 289 g/mol. The summed E-state index contributed by atoms with van der Waals surface area (Å²) in [5.74, 6) is 0.0584. The van der Waals surface area contributed by atoms with Crippen LogP contribution in [0.2, 0.25) is 0 Å². The van der Waals surface area contributed by atoms with E-state index in [1.165, 1.54) is 25.9 Å². The van der Waals surface area contributed by atoms with E-state index in [9.17, 15) is 4.79 Å². The monoisotopic (exact) mass is 289 g/mol. The molecule has 116 valence electrons. The van der Waals surface area contributed by atoms with Crippen LogP contribution < -0.4 is 10.6 Å². The topological polar surface area (TPSA) is 44.4 Å². The molecule has 0 aliphatic carbocycles. The van der Waals surface area contributed by atoms with Gasteiger partial charge in [0.15, 0.2) is 0 Å². The van der Waals surface area contributed by atoms with Gasteiger partial charge in [-0.3, -0.25) is 4.79 Å². The van der Waals surface area contributed by atoms with Gasteiger partial charge in [-0.05, 0) is 70.5 Å². The predicted octanol–water partition coefficient (Wildman–Crippen LogP) is 1.66. The molecule has 0 unspecified atom stereocenters. The number of amides is 1. The molecule has 1 aliphatic heterocycles. The highest BCUT2D eigenvalue weighted by Gasteiger charge is 2.12. The van der Waals surface area contributed by atoms with Crippen molar-refractivity contribution in [3.05, 3.63) is 35.4 Å². The predicted molar refractivity (Wildman–Crippen MR) is 86.7 cm³/mol. The molecule has 0 atom stereocenters. The van der Waals surface area contributed by atoms with Crippen molar-refractivity contribution in [1.82, 2.24) is 15.5 Å². The summed E-state index contributed by atoms with van der Waals surface area (Å²) < 4.78 is 0. The third kappa shape index (κ3) is 5.14. The van der Waals surface area contributed by atoms with Crippen molar-refractivity contribution in [2.24, 2.45) is 0 Å². The van der Waals surface area contributed by atoms with Crippen LogP contribution >= 0.6 is 0 Å². The van der Waals surface area contributed by atoms with E-state index in [0.29, 0.717) is 0 Å². The van der Waals surface area contributed by atoms with E-state index < -0.39 is 0 Å². The van der Waals surface area contributed by atoms with Crippen molar-refractivity contribution in [3.63, 3.8) is 0 Å². The lowest BCUT2D eigenvalue weighted by atomic mass is 10.0. The van der Waals surface area contributed by atoms with Gasteiger partial charge in [-0.25, -0.2) is 0 Å². The number of benzene rings is 1. The number of likely N-dealkylation sites (N-methyl/N-ethyl adjacent to an activating group) is 1. The highest BCUT2D eigenvalue weighted by Crippen LogP contribution is 2.10. The van der Waals surface area contributed by atoms with Gasteiger partial charge in [0.05, 0.1) is 0 Å². The number of nitrogens with one attached hydrogen (secondary N) is 2. The van der Waals surface area contributed by atoms with Crippen molar-refractivity contribution < 1.29 is 4.79 Å². The Morgan fingerprint density at radius 2 is 1.95 bits per heavy atom. The maximum atomic E-state index is 12.3. The van der Waals surface area contributed by atoms with E-state index in [0.717, 1.165) is 43.6 Å². The molecule has 1 amide bonds. The van der Waals surface area contributed by atoms with Crippen LogP contribution in [0.15, 0.2) is 24.3 Å². The second-order valence-corrected chi connectivity index (χ2v) is 5.67. The van der Waals surface area contributed by atoms with Crippen LogP contribution in [0.5, 0.6) is 0 Å². The zero-order valence-corrected chi connectivity index (χ0v) is 13.0. The van der Waals surface area contributed by atoms with Crippen molar-refractivity contribution in [1.29, 1.82) is 0 Å². The zero-order valence-electron chi connectivity index (χ0n) is 13.0. The molecule has 0 bridgehead atoms. The molecule has 4 nitrogen and oxygen atoms in total. The number of hydrogen-bond acceptors (Lipinski definition) is 3. The molecule has 0 spiro atoms. The Morgan fingerprint density at radius 3 is 2.71 bits per heavy atom. The Kier molecular flexibility index (Phi) is 6.70. The molecule has 1 aromatic rings. The summed E-state index contributed by atoms with van der Waals surface area (Å²) in [4.78, 5) is 14.8. The van der Waals surface area contributed by atoms with Crippen LogP contribution in [-0.2, 0) is 6.42 Å². The van der Waals surface area contributed by atoms with E-state index in [-0.39, 0.29) is 5.91 Å². The molecule has 0 saturated carbocycles. The van der Waals surface area contributed by atoms with Gasteiger partial charge in [0.25, 0.3) is 5.91 Å². The van der Waals surface area contributed by atoms with Gasteiger partial charge < -0.3 is 15.5 Å². The van der Waals surface area contributed by atoms with Crippen LogP contribution in [-0.4, -0.2) is 50.6 Å². The fourth-order valence-corrected chi connectivity index (χ4v) is 2.83. The summed E-state index contributed by atoms with van der Waals surface area (Å²) in [6, 6.07) is 7.88. The number of hydrogen-bond donors (Lipinski definition) is 2. The van der Waals surface area contributed by atoms with Crippen LogP contribution in [0.3, 0.4) is 0 Å². The number of rotatable bonds is 8. The summed E-state index contributed by atoms with van der Waals surface area (Å²) in [7, 11) is 1.93. The molecule has 4 heteroatoms. The molecule has 1 aromatic carbocycles. The molecule has 1 aliphatic rings. The van der Waals surface area contributed by atoms with E-state index in [1.807, 2.05) is 31.3 Å². The summed E-state index contributed by atoms with van der Waals surface area (Å²) in [5.41, 5.74) is 1.93. The summed E-state index contributed by atoms with van der Waals surface area (Å²) in [6.45, 7) is 5.19. The fourth-order valence-electron chi connectivity index (χ4n) is 2.83. The number of likely N-dealkylation sites (tertiary alicyclic amines) is 1. The lowest BCUT2D eigenvalue weighted by Gasteiger charge is -2.15. The van der Waals surface area contributed by atoms with Gasteiger partial charge in [-0.2, -0.15) is 0 Å². The number of nitrogens with zero attached hydrogens (tertiary/aromatic N) is 1. The highest BCUT2D eigenvalue weighted by atomic mass is 16.1. The summed E-state index contributed by atoms with van der Waals surface area (Å²) in [5, 5.41) is 6.18. The van der Waals surface area contributed by atoms with E-state index >= 15 is 0 Å². The van der Waals surface area contributed by atoms with Crippen molar-refractivity contribution in [3.8, 4) is 0 Å². The first kappa shape index (κ1) is 16.0. The molecule has 1 saturated heterocycles. The Balaban J connectivity index is 1.76. The van der Waals surface area contributed by atoms with Crippen LogP contribution in [0.1, 0.15) is 35.2 Å². The van der Waals surface area contributed by atoms with Gasteiger partial charge in [0.2, 0.25) is 0 Å². The Labute approximate surface area is 127 Å². The molecule has 0 aromatic heterocycles. The van der Waals surface area contributed by atoms with Gasteiger partial charge >= 0.3 is 0 Å². The Morgan fingerprint density at radius 1 is 1.19 bits per heavy atom. The second-order valence-electron chi connectivity index (χ2n) is 5.67. The molecule has 2 N–H and O–H groups in total. The second kappa shape index (κ2) is 8.80. The largest absolute Gasteiger partial charge is 0.352 e. The average Bonchev–Trinajstić information content (AvgIpc) is 3.03. The van der Waals surface area contributed by atoms with Crippen LogP contribution in [0, 0.1) is 0 Å². The standard InChI is InChI=1S/C17H27N3O/c1-18-11-9-15-7-2-3-8-16(15)17(21)19-10-6-14-20-12-4-5-13-20/h2-3,7-8,18H,4-6,9-14H2,1H3,(H,19,21). The van der Waals surface area contributed by atoms with Gasteiger partial charge in [-0.1, -0.05) is 18.2 Å². The molecule has 1 heterocycles. The highest BCUT2D eigenvalue weighted by molar-refractivity contribution is 5.95. The Hall–Kier alpha value is -1.39. The van der Waals surface area contributed by atoms with Crippen molar-refractivity contribution in [2.75, 3.05) is 39.8 Å². The van der Waals surface area contributed by atoms with E-state index in [1.54, 1.807) is 0 Å². The molecule has 21 heavy (non-hydrogen) atoms. The molecular weight excluding hydrogens is 262 g/mol. The van der Waals surface area contributed by atoms with Crippen LogP contribution in [0.4, 0.5) is 0 Å². The van der Waals surface area contributed by atoms with Crippen molar-refractivity contribution >= 4 is 5.91 Å². The van der Waals surface area contributed by atoms with Gasteiger partial charge in [0, 0.05) is 12.1 Å². The first-order valence-corrected chi connectivity index (χ1v) is 8.04. The molecule has 0 radical (unpaired) electrons. The van der Waals surface area contributed by atoms with E-state index in [4.69, 9.17) is 0 Å². The molecule has 2 rings (SSSR count). The quantitative estimate of drug-likeness (QED) is 0.716. The summed E-state index contributed by atoms with van der Waals surface area (Å²) in [6.07, 6.45) is 4.56. The smallest absolute Gasteiger partial charge is 0.251 e. The maximum Gasteiger partial charge on any atom is 0.251 e. The SMILES string of the molecule is CNCCc1ccccc1C(=O)NCCCN1CCCC1.